The Morgan fingerprint density at radius 2 is 2.22 bits per heavy atom. The van der Waals surface area contributed by atoms with Gasteiger partial charge in [0.1, 0.15) is 5.82 Å². The topological polar surface area (TPSA) is 41.1 Å². The molecule has 1 aliphatic rings. The molecule has 1 saturated carbocycles. The number of rotatable bonds is 7. The van der Waals surface area contributed by atoms with Gasteiger partial charge in [0.15, 0.2) is 0 Å². The lowest BCUT2D eigenvalue weighted by molar-refractivity contribution is 0.556. The van der Waals surface area contributed by atoms with Crippen molar-refractivity contribution in [3.05, 3.63) is 18.1 Å². The first kappa shape index (κ1) is 13.3. The number of nitrogens with zero attached hydrogens (tertiary/aromatic N) is 3. The van der Waals surface area contributed by atoms with Crippen LogP contribution in [0.4, 0.5) is 5.82 Å². The van der Waals surface area contributed by atoms with E-state index in [4.69, 9.17) is 0 Å². The van der Waals surface area contributed by atoms with Crippen molar-refractivity contribution in [2.75, 3.05) is 18.5 Å². The van der Waals surface area contributed by atoms with Gasteiger partial charge in [0.2, 0.25) is 0 Å². The van der Waals surface area contributed by atoms with E-state index in [9.17, 15) is 0 Å². The molecule has 1 fully saturated rings. The zero-order valence-electron chi connectivity index (χ0n) is 11.7. The van der Waals surface area contributed by atoms with E-state index in [0.717, 1.165) is 24.6 Å². The van der Waals surface area contributed by atoms with Crippen LogP contribution in [0.3, 0.4) is 0 Å². The van der Waals surface area contributed by atoms with Crippen molar-refractivity contribution in [3.63, 3.8) is 0 Å². The molecule has 1 aromatic rings. The highest BCUT2D eigenvalue weighted by molar-refractivity contribution is 5.35. The van der Waals surface area contributed by atoms with Gasteiger partial charge in [-0.2, -0.15) is 0 Å². The summed E-state index contributed by atoms with van der Waals surface area (Å²) in [6, 6.07) is 0.716. The molecule has 0 spiro atoms. The van der Waals surface area contributed by atoms with Crippen molar-refractivity contribution < 1.29 is 0 Å². The second-order valence-electron chi connectivity index (χ2n) is 5.42. The van der Waals surface area contributed by atoms with Crippen LogP contribution in [0.25, 0.3) is 0 Å². The summed E-state index contributed by atoms with van der Waals surface area (Å²) in [7, 11) is 2.09. The maximum Gasteiger partial charge on any atom is 0.147 e. The lowest BCUT2D eigenvalue weighted by atomic mass is 10.1. The van der Waals surface area contributed by atoms with Gasteiger partial charge >= 0.3 is 0 Å². The van der Waals surface area contributed by atoms with Crippen molar-refractivity contribution in [2.45, 2.75) is 45.7 Å². The molecule has 4 heteroatoms. The van der Waals surface area contributed by atoms with Crippen LogP contribution >= 0.6 is 0 Å². The van der Waals surface area contributed by atoms with E-state index < -0.39 is 0 Å². The summed E-state index contributed by atoms with van der Waals surface area (Å²) in [6.07, 6.45) is 7.52. The molecular weight excluding hydrogens is 224 g/mol. The van der Waals surface area contributed by atoms with Gasteiger partial charge in [-0.3, -0.25) is 4.98 Å². The van der Waals surface area contributed by atoms with E-state index in [1.807, 2.05) is 12.4 Å². The minimum Gasteiger partial charge on any atom is -0.358 e. The summed E-state index contributed by atoms with van der Waals surface area (Å²) in [6.45, 7) is 6.36. The van der Waals surface area contributed by atoms with Gasteiger partial charge in [0, 0.05) is 32.4 Å². The Hall–Kier alpha value is -1.16. The average Bonchev–Trinajstić information content (AvgIpc) is 3.20. The fourth-order valence-electron chi connectivity index (χ4n) is 1.89. The standard InChI is InChI=1S/C14H24N4/c1-4-11(2)10-18(3)14-9-15-7-13(17-14)8-16-12-5-6-12/h7,9,11-12,16H,4-6,8,10H2,1-3H3. The third kappa shape index (κ3) is 3.95. The van der Waals surface area contributed by atoms with Crippen LogP contribution in [0.15, 0.2) is 12.4 Å². The summed E-state index contributed by atoms with van der Waals surface area (Å²) in [5, 5.41) is 3.47. The molecular formula is C14H24N4. The van der Waals surface area contributed by atoms with E-state index >= 15 is 0 Å². The van der Waals surface area contributed by atoms with Gasteiger partial charge in [-0.15, -0.1) is 0 Å². The van der Waals surface area contributed by atoms with Gasteiger partial charge < -0.3 is 10.2 Å². The molecule has 100 valence electrons. The molecule has 1 aliphatic carbocycles. The number of nitrogens with one attached hydrogen (secondary N) is 1. The van der Waals surface area contributed by atoms with Gasteiger partial charge in [0.25, 0.3) is 0 Å². The Kier molecular flexibility index (Phi) is 4.53. The Morgan fingerprint density at radius 1 is 1.44 bits per heavy atom. The molecule has 18 heavy (non-hydrogen) atoms. The Morgan fingerprint density at radius 3 is 2.89 bits per heavy atom. The average molecular weight is 248 g/mol. The molecule has 2 rings (SSSR count). The summed E-state index contributed by atoms with van der Waals surface area (Å²) in [5.74, 6) is 1.66. The molecule has 1 N–H and O–H groups in total. The van der Waals surface area contributed by atoms with Crippen molar-refractivity contribution >= 4 is 5.82 Å². The van der Waals surface area contributed by atoms with Crippen molar-refractivity contribution in [1.29, 1.82) is 0 Å². The maximum atomic E-state index is 4.66. The molecule has 0 radical (unpaired) electrons. The maximum absolute atomic E-state index is 4.66. The van der Waals surface area contributed by atoms with Crippen LogP contribution in [0.1, 0.15) is 38.8 Å². The predicted molar refractivity (Wildman–Crippen MR) is 74.6 cm³/mol. The Balaban J connectivity index is 1.92. The fourth-order valence-corrected chi connectivity index (χ4v) is 1.89. The summed E-state index contributed by atoms with van der Waals surface area (Å²) < 4.78 is 0. The van der Waals surface area contributed by atoms with E-state index in [2.05, 4.69) is 41.1 Å². The lowest BCUT2D eigenvalue weighted by Gasteiger charge is -2.21. The van der Waals surface area contributed by atoms with Crippen molar-refractivity contribution in [2.24, 2.45) is 5.92 Å². The Bertz CT molecular complexity index is 376. The van der Waals surface area contributed by atoms with E-state index in [-0.39, 0.29) is 0 Å². The summed E-state index contributed by atoms with van der Waals surface area (Å²) in [5.41, 5.74) is 1.04. The molecule has 1 atom stereocenters. The lowest BCUT2D eigenvalue weighted by Crippen LogP contribution is -2.25. The smallest absolute Gasteiger partial charge is 0.147 e. The quantitative estimate of drug-likeness (QED) is 0.803. The van der Waals surface area contributed by atoms with Crippen LogP contribution in [0.2, 0.25) is 0 Å². The molecule has 0 amide bonds. The van der Waals surface area contributed by atoms with E-state index in [1.54, 1.807) is 0 Å². The first-order valence-electron chi connectivity index (χ1n) is 6.94. The van der Waals surface area contributed by atoms with Gasteiger partial charge in [-0.05, 0) is 18.8 Å². The molecule has 1 heterocycles. The molecule has 4 nitrogen and oxygen atoms in total. The van der Waals surface area contributed by atoms with Crippen LogP contribution in [0, 0.1) is 5.92 Å². The normalized spacial score (nSPS) is 16.6. The number of hydrogen-bond donors (Lipinski definition) is 1. The third-order valence-corrected chi connectivity index (χ3v) is 3.49. The molecule has 0 bridgehead atoms. The number of anilines is 1. The Labute approximate surface area is 110 Å². The predicted octanol–water partition coefficient (Wildman–Crippen LogP) is 2.21. The van der Waals surface area contributed by atoms with Gasteiger partial charge in [-0.25, -0.2) is 4.98 Å². The second-order valence-corrected chi connectivity index (χ2v) is 5.42. The van der Waals surface area contributed by atoms with Gasteiger partial charge in [0.05, 0.1) is 11.9 Å². The molecule has 0 saturated heterocycles. The number of hydrogen-bond acceptors (Lipinski definition) is 4. The summed E-state index contributed by atoms with van der Waals surface area (Å²) in [4.78, 5) is 11.1. The van der Waals surface area contributed by atoms with E-state index in [0.29, 0.717) is 12.0 Å². The van der Waals surface area contributed by atoms with E-state index in [1.165, 1.54) is 19.3 Å². The first-order chi connectivity index (χ1) is 8.69. The molecule has 0 aliphatic heterocycles. The SMILES string of the molecule is CCC(C)CN(C)c1cncc(CNC2CC2)n1. The second kappa shape index (κ2) is 6.14. The monoisotopic (exact) mass is 248 g/mol. The fraction of sp³-hybridized carbons (Fsp3) is 0.714. The molecule has 1 aromatic heterocycles. The van der Waals surface area contributed by atoms with Crippen molar-refractivity contribution in [1.82, 2.24) is 15.3 Å². The van der Waals surface area contributed by atoms with Crippen LogP contribution in [-0.2, 0) is 6.54 Å². The third-order valence-electron chi connectivity index (χ3n) is 3.49. The van der Waals surface area contributed by atoms with Crippen LogP contribution < -0.4 is 10.2 Å². The largest absolute Gasteiger partial charge is 0.358 e. The highest BCUT2D eigenvalue weighted by Crippen LogP contribution is 2.19. The zero-order valence-corrected chi connectivity index (χ0v) is 11.7. The van der Waals surface area contributed by atoms with Crippen molar-refractivity contribution in [3.8, 4) is 0 Å². The number of aromatic nitrogens is 2. The van der Waals surface area contributed by atoms with Crippen LogP contribution in [-0.4, -0.2) is 29.6 Å². The highest BCUT2D eigenvalue weighted by Gasteiger charge is 2.20. The summed E-state index contributed by atoms with van der Waals surface area (Å²) >= 11 is 0. The first-order valence-corrected chi connectivity index (χ1v) is 6.94. The van der Waals surface area contributed by atoms with Gasteiger partial charge in [-0.1, -0.05) is 20.3 Å². The molecule has 0 aromatic carbocycles. The van der Waals surface area contributed by atoms with Crippen LogP contribution in [0.5, 0.6) is 0 Å². The zero-order chi connectivity index (χ0) is 13.0. The minimum absolute atomic E-state index is 0.685. The highest BCUT2D eigenvalue weighted by atomic mass is 15.2. The minimum atomic E-state index is 0.685. The molecule has 1 unspecified atom stereocenters.